The maximum absolute atomic E-state index is 13.7. The molecule has 1 heterocycles. The molecule has 0 saturated heterocycles. The standard InChI is InChI=1S/C29H34N2O6.Li/c32-25(33)19-31-24-11-5-4-10-21(24)14-15-23(26(31)34)30-28(37)29(16-6-7-17-29)18-22(27(35)36)13-12-20-8-2-1-3-9-20;/h1-5,8-11,22-23H,6-7,12-19H2,(H,30,37)(H,32,33)(H,35,36);/q;+1/t22-,23+;/m1./s1. The first kappa shape index (κ1) is 29.5. The Labute approximate surface area is 235 Å². The fraction of sp³-hybridized carbons (Fsp3) is 0.448. The molecule has 0 spiro atoms. The van der Waals surface area contributed by atoms with Crippen LogP contribution in [0.1, 0.15) is 56.1 Å². The summed E-state index contributed by atoms with van der Waals surface area (Å²) in [5.41, 5.74) is 1.61. The molecule has 0 unspecified atom stereocenters. The minimum absolute atomic E-state index is 0. The van der Waals surface area contributed by atoms with Crippen molar-refractivity contribution in [1.82, 2.24) is 5.32 Å². The summed E-state index contributed by atoms with van der Waals surface area (Å²) in [6.45, 7) is -0.492. The Balaban J connectivity index is 0.00000400. The van der Waals surface area contributed by atoms with Gasteiger partial charge in [0, 0.05) is 5.69 Å². The Morgan fingerprint density at radius 2 is 1.66 bits per heavy atom. The van der Waals surface area contributed by atoms with Gasteiger partial charge in [-0.15, -0.1) is 0 Å². The van der Waals surface area contributed by atoms with Crippen molar-refractivity contribution < 1.29 is 48.3 Å². The molecule has 2 aromatic rings. The van der Waals surface area contributed by atoms with E-state index < -0.39 is 41.8 Å². The molecule has 1 saturated carbocycles. The number of carbonyl (C=O) groups is 4. The van der Waals surface area contributed by atoms with E-state index in [1.54, 1.807) is 12.1 Å². The fourth-order valence-corrected chi connectivity index (χ4v) is 5.81. The molecule has 0 aromatic heterocycles. The molecular formula is C29H34LiN2O6+. The molecule has 2 aromatic carbocycles. The number of fused-ring (bicyclic) bond motifs is 1. The molecule has 9 heteroatoms. The van der Waals surface area contributed by atoms with Gasteiger partial charge < -0.3 is 15.5 Å². The van der Waals surface area contributed by atoms with Gasteiger partial charge in [-0.2, -0.15) is 0 Å². The van der Waals surface area contributed by atoms with E-state index in [0.717, 1.165) is 24.0 Å². The van der Waals surface area contributed by atoms with Crippen LogP contribution in [-0.2, 0) is 32.0 Å². The van der Waals surface area contributed by atoms with Gasteiger partial charge in [0.2, 0.25) is 11.8 Å². The number of carboxylic acid groups (broad SMARTS) is 2. The monoisotopic (exact) mass is 513 g/mol. The zero-order valence-corrected chi connectivity index (χ0v) is 21.9. The van der Waals surface area contributed by atoms with E-state index in [1.807, 2.05) is 42.5 Å². The molecule has 1 aliphatic heterocycles. The number of carbonyl (C=O) groups excluding carboxylic acids is 2. The second-order valence-corrected chi connectivity index (χ2v) is 10.3. The van der Waals surface area contributed by atoms with Gasteiger partial charge in [0.15, 0.2) is 0 Å². The van der Waals surface area contributed by atoms with Crippen LogP contribution in [0.25, 0.3) is 0 Å². The van der Waals surface area contributed by atoms with Crippen LogP contribution in [0.15, 0.2) is 54.6 Å². The van der Waals surface area contributed by atoms with Crippen LogP contribution in [0.4, 0.5) is 5.69 Å². The van der Waals surface area contributed by atoms with E-state index >= 15 is 0 Å². The average Bonchev–Trinajstić information content (AvgIpc) is 3.33. The molecule has 8 nitrogen and oxygen atoms in total. The van der Waals surface area contributed by atoms with Crippen molar-refractivity contribution >= 4 is 29.4 Å². The summed E-state index contributed by atoms with van der Waals surface area (Å²) in [5, 5.41) is 22.3. The zero-order valence-electron chi connectivity index (χ0n) is 21.9. The molecular weight excluding hydrogens is 479 g/mol. The number of rotatable bonds is 10. The van der Waals surface area contributed by atoms with Crippen molar-refractivity contribution in [3.8, 4) is 0 Å². The number of hydrogen-bond donors (Lipinski definition) is 3. The smallest absolute Gasteiger partial charge is 0.481 e. The van der Waals surface area contributed by atoms with Crippen molar-refractivity contribution in [3.05, 3.63) is 65.7 Å². The molecule has 2 amide bonds. The van der Waals surface area contributed by atoms with Crippen LogP contribution in [0.3, 0.4) is 0 Å². The fourth-order valence-electron chi connectivity index (χ4n) is 5.81. The number of aryl methyl sites for hydroxylation is 2. The molecule has 0 radical (unpaired) electrons. The van der Waals surface area contributed by atoms with Crippen LogP contribution in [0.2, 0.25) is 0 Å². The van der Waals surface area contributed by atoms with Gasteiger partial charge in [-0.05, 0) is 62.1 Å². The van der Waals surface area contributed by atoms with E-state index in [-0.39, 0.29) is 31.2 Å². The molecule has 1 aliphatic carbocycles. The first-order chi connectivity index (χ1) is 17.8. The summed E-state index contributed by atoms with van der Waals surface area (Å²) in [5.74, 6) is -3.47. The minimum Gasteiger partial charge on any atom is -0.481 e. The molecule has 1 fully saturated rings. The maximum Gasteiger partial charge on any atom is 1.00 e. The predicted octanol–water partition coefficient (Wildman–Crippen LogP) is 0.823. The topological polar surface area (TPSA) is 124 Å². The van der Waals surface area contributed by atoms with Crippen LogP contribution in [0, 0.1) is 11.3 Å². The second-order valence-electron chi connectivity index (χ2n) is 10.3. The third-order valence-corrected chi connectivity index (χ3v) is 7.80. The first-order valence-corrected chi connectivity index (χ1v) is 13.0. The number of amides is 2. The SMILES string of the molecule is O=C(O)CN1C(=O)[C@@H](NC(=O)C2(C[C@@H](CCc3ccccc3)C(=O)O)CCCC2)CCc2ccccc21.[Li+]. The molecule has 0 bridgehead atoms. The van der Waals surface area contributed by atoms with Gasteiger partial charge in [0.25, 0.3) is 0 Å². The number of carboxylic acids is 2. The van der Waals surface area contributed by atoms with Gasteiger partial charge in [0.05, 0.1) is 11.3 Å². The van der Waals surface area contributed by atoms with E-state index in [9.17, 15) is 29.4 Å². The molecule has 3 N–H and O–H groups in total. The summed E-state index contributed by atoms with van der Waals surface area (Å²) in [7, 11) is 0. The quantitative estimate of drug-likeness (QED) is 0.404. The third-order valence-electron chi connectivity index (χ3n) is 7.80. The summed E-state index contributed by atoms with van der Waals surface area (Å²) in [6.07, 6.45) is 4.94. The number of hydrogen-bond acceptors (Lipinski definition) is 4. The Morgan fingerprint density at radius 1 is 1.00 bits per heavy atom. The summed E-state index contributed by atoms with van der Waals surface area (Å²) < 4.78 is 0. The normalized spacial score (nSPS) is 19.0. The predicted molar refractivity (Wildman–Crippen MR) is 138 cm³/mol. The van der Waals surface area contributed by atoms with Crippen LogP contribution >= 0.6 is 0 Å². The summed E-state index contributed by atoms with van der Waals surface area (Å²) >= 11 is 0. The van der Waals surface area contributed by atoms with Crippen LogP contribution < -0.4 is 29.1 Å². The number of aliphatic carboxylic acids is 2. The van der Waals surface area contributed by atoms with Gasteiger partial charge in [-0.3, -0.25) is 24.1 Å². The average molecular weight is 514 g/mol. The van der Waals surface area contributed by atoms with Crippen LogP contribution in [0.5, 0.6) is 0 Å². The number of anilines is 1. The van der Waals surface area contributed by atoms with E-state index in [0.29, 0.717) is 44.2 Å². The van der Waals surface area contributed by atoms with E-state index in [2.05, 4.69) is 5.32 Å². The van der Waals surface area contributed by atoms with Gasteiger partial charge in [0.1, 0.15) is 12.6 Å². The van der Waals surface area contributed by atoms with E-state index in [4.69, 9.17) is 0 Å². The Bertz CT molecular complexity index is 1150. The molecule has 196 valence electrons. The molecule has 2 aliphatic rings. The van der Waals surface area contributed by atoms with Crippen molar-refractivity contribution in [2.24, 2.45) is 11.3 Å². The van der Waals surface area contributed by atoms with Crippen molar-refractivity contribution in [2.45, 2.75) is 63.8 Å². The summed E-state index contributed by atoms with van der Waals surface area (Å²) in [4.78, 5) is 52.1. The first-order valence-electron chi connectivity index (χ1n) is 13.0. The molecule has 2 atom stereocenters. The Hall–Kier alpha value is -3.08. The summed E-state index contributed by atoms with van der Waals surface area (Å²) in [6, 6.07) is 16.0. The van der Waals surface area contributed by atoms with Crippen molar-refractivity contribution in [2.75, 3.05) is 11.4 Å². The molecule has 38 heavy (non-hydrogen) atoms. The van der Waals surface area contributed by atoms with Gasteiger partial charge in [-0.25, -0.2) is 0 Å². The second kappa shape index (κ2) is 13.1. The van der Waals surface area contributed by atoms with E-state index in [1.165, 1.54) is 4.90 Å². The zero-order chi connectivity index (χ0) is 26.4. The number of benzene rings is 2. The largest absolute Gasteiger partial charge is 1.00 e. The van der Waals surface area contributed by atoms with Gasteiger partial charge >= 0.3 is 30.8 Å². The Kier molecular flexibility index (Phi) is 10.2. The van der Waals surface area contributed by atoms with Crippen LogP contribution in [-0.4, -0.2) is 46.6 Å². The maximum atomic E-state index is 13.7. The van der Waals surface area contributed by atoms with Crippen molar-refractivity contribution in [1.29, 1.82) is 0 Å². The Morgan fingerprint density at radius 3 is 2.32 bits per heavy atom. The van der Waals surface area contributed by atoms with Gasteiger partial charge in [-0.1, -0.05) is 61.4 Å². The minimum atomic E-state index is -1.13. The molecule has 4 rings (SSSR count). The number of nitrogens with zero attached hydrogens (tertiary/aromatic N) is 1. The number of nitrogens with one attached hydrogen (secondary N) is 1. The third kappa shape index (κ3) is 6.86. The van der Waals surface area contributed by atoms with Crippen molar-refractivity contribution in [3.63, 3.8) is 0 Å². The number of para-hydroxylation sites is 1.